The van der Waals surface area contributed by atoms with Crippen LogP contribution in [0.2, 0.25) is 0 Å². The Bertz CT molecular complexity index is 208. The summed E-state index contributed by atoms with van der Waals surface area (Å²) in [4.78, 5) is 17.8. The van der Waals surface area contributed by atoms with Crippen LogP contribution in [0.3, 0.4) is 0 Å². The maximum absolute atomic E-state index is 10.4. The van der Waals surface area contributed by atoms with Gasteiger partial charge < -0.3 is 0 Å². The fourth-order valence-corrected chi connectivity index (χ4v) is 0.443. The van der Waals surface area contributed by atoms with E-state index in [4.69, 9.17) is 0 Å². The lowest BCUT2D eigenvalue weighted by Gasteiger charge is -1.87. The van der Waals surface area contributed by atoms with Gasteiger partial charge in [0.1, 0.15) is 5.69 Å². The Kier molecular flexibility index (Phi) is 1.53. The minimum atomic E-state index is -0.303. The third kappa shape index (κ3) is 1.32. The van der Waals surface area contributed by atoms with Crippen molar-refractivity contribution in [1.29, 1.82) is 0 Å². The molecular weight excluding hydrogens is 116 g/mol. The van der Waals surface area contributed by atoms with E-state index in [-0.39, 0.29) is 5.78 Å². The van der Waals surface area contributed by atoms with Gasteiger partial charge in [-0.15, -0.1) is 0 Å². The lowest BCUT2D eigenvalue weighted by molar-refractivity contribution is 0.103. The summed E-state index contributed by atoms with van der Waals surface area (Å²) in [6.45, 7) is 3.17. The second-order valence-electron chi connectivity index (χ2n) is 1.51. The third-order valence-corrected chi connectivity index (χ3v) is 0.849. The lowest BCUT2D eigenvalue weighted by atomic mass is 10.3. The Morgan fingerprint density at radius 3 is 2.67 bits per heavy atom. The molecule has 0 aliphatic carbocycles. The first-order valence-electron chi connectivity index (χ1n) is 2.43. The molecule has 0 aliphatic heterocycles. The minimum absolute atomic E-state index is 0.303. The van der Waals surface area contributed by atoms with E-state index >= 15 is 0 Å². The van der Waals surface area contributed by atoms with Crippen LogP contribution in [-0.2, 0) is 0 Å². The van der Waals surface area contributed by atoms with E-state index in [1.54, 1.807) is 0 Å². The van der Waals surface area contributed by atoms with Gasteiger partial charge in [0, 0.05) is 19.3 Å². The molecule has 0 saturated carbocycles. The first-order valence-corrected chi connectivity index (χ1v) is 2.43. The van der Waals surface area contributed by atoms with Crippen LogP contribution in [0, 0.1) is 6.92 Å². The average Bonchev–Trinajstić information content (AvgIpc) is 1.90. The highest BCUT2D eigenvalue weighted by atomic mass is 16.1. The van der Waals surface area contributed by atoms with E-state index in [0.717, 1.165) is 0 Å². The molecule has 1 heterocycles. The van der Waals surface area contributed by atoms with Gasteiger partial charge in [0.05, 0.1) is 6.20 Å². The van der Waals surface area contributed by atoms with E-state index in [1.165, 1.54) is 18.6 Å². The van der Waals surface area contributed by atoms with Crippen molar-refractivity contribution in [1.82, 2.24) is 9.97 Å². The van der Waals surface area contributed by atoms with Crippen molar-refractivity contribution in [2.24, 2.45) is 0 Å². The number of nitrogens with zero attached hydrogens (tertiary/aromatic N) is 2. The number of carbonyl (C=O) groups is 1. The molecule has 0 saturated heterocycles. The first kappa shape index (κ1) is 5.88. The number of rotatable bonds is 1. The lowest BCUT2D eigenvalue weighted by Crippen LogP contribution is -1.95. The van der Waals surface area contributed by atoms with Gasteiger partial charge in [-0.1, -0.05) is 0 Å². The molecule has 0 spiro atoms. The molecule has 45 valence electrons. The molecule has 0 bridgehead atoms. The summed E-state index contributed by atoms with van der Waals surface area (Å²) in [6, 6.07) is 0. The largest absolute Gasteiger partial charge is 0.292 e. The van der Waals surface area contributed by atoms with Crippen molar-refractivity contribution in [3.05, 3.63) is 31.2 Å². The number of hydrogen-bond acceptors (Lipinski definition) is 3. The Morgan fingerprint density at radius 1 is 1.56 bits per heavy atom. The second kappa shape index (κ2) is 2.35. The zero-order valence-corrected chi connectivity index (χ0v) is 4.74. The summed E-state index contributed by atoms with van der Waals surface area (Å²) < 4.78 is 0. The summed E-state index contributed by atoms with van der Waals surface area (Å²) in [5.41, 5.74) is 0.303. The number of hydrogen-bond donors (Lipinski definition) is 0. The first-order chi connectivity index (χ1) is 4.30. The normalized spacial score (nSPS) is 9.00. The number of ketones is 1. The van der Waals surface area contributed by atoms with Gasteiger partial charge in [-0.3, -0.25) is 9.78 Å². The molecule has 0 atom stereocenters. The summed E-state index contributed by atoms with van der Waals surface area (Å²) in [5.74, 6) is -0.303. The summed E-state index contributed by atoms with van der Waals surface area (Å²) in [5, 5.41) is 0. The van der Waals surface area contributed by atoms with E-state index in [2.05, 4.69) is 16.9 Å². The standard InChI is InChI=1S/C6H5N2O/c1-5(9)6-4-7-2-3-8-6/h2-4H,1H2. The average molecular weight is 121 g/mol. The molecule has 3 nitrogen and oxygen atoms in total. The minimum Gasteiger partial charge on any atom is -0.292 e. The fourth-order valence-electron chi connectivity index (χ4n) is 0.443. The zero-order valence-electron chi connectivity index (χ0n) is 4.74. The van der Waals surface area contributed by atoms with Crippen molar-refractivity contribution >= 4 is 5.78 Å². The second-order valence-corrected chi connectivity index (χ2v) is 1.51. The van der Waals surface area contributed by atoms with Gasteiger partial charge in [0.15, 0.2) is 5.78 Å². The molecule has 0 aromatic carbocycles. The van der Waals surface area contributed by atoms with Crippen molar-refractivity contribution in [2.75, 3.05) is 0 Å². The number of carbonyl (C=O) groups excluding carboxylic acids is 1. The highest BCUT2D eigenvalue weighted by molar-refractivity contribution is 5.97. The van der Waals surface area contributed by atoms with E-state index < -0.39 is 0 Å². The van der Waals surface area contributed by atoms with Gasteiger partial charge in [-0.2, -0.15) is 0 Å². The van der Waals surface area contributed by atoms with Crippen LogP contribution in [0.5, 0.6) is 0 Å². The fraction of sp³-hybridized carbons (Fsp3) is 0. The smallest absolute Gasteiger partial charge is 0.183 e. The van der Waals surface area contributed by atoms with Crippen LogP contribution in [0.25, 0.3) is 0 Å². The summed E-state index contributed by atoms with van der Waals surface area (Å²) >= 11 is 0. The number of Topliss-reactive ketones (excluding diaryl/α,β-unsaturated/α-hetero) is 1. The molecule has 0 amide bonds. The van der Waals surface area contributed by atoms with E-state index in [9.17, 15) is 4.79 Å². The number of aromatic nitrogens is 2. The van der Waals surface area contributed by atoms with E-state index in [0.29, 0.717) is 5.69 Å². The molecular formula is C6H5N2O. The van der Waals surface area contributed by atoms with Crippen molar-refractivity contribution in [3.8, 4) is 0 Å². The molecule has 0 aliphatic rings. The Labute approximate surface area is 52.8 Å². The molecule has 3 heteroatoms. The van der Waals surface area contributed by atoms with Crippen molar-refractivity contribution < 1.29 is 4.79 Å². The van der Waals surface area contributed by atoms with Gasteiger partial charge in [0.25, 0.3) is 0 Å². The third-order valence-electron chi connectivity index (χ3n) is 0.849. The Balaban J connectivity index is 2.98. The molecule has 1 aromatic heterocycles. The molecule has 0 fully saturated rings. The molecule has 1 aromatic rings. The van der Waals surface area contributed by atoms with Gasteiger partial charge in [-0.25, -0.2) is 4.98 Å². The quantitative estimate of drug-likeness (QED) is 0.508. The van der Waals surface area contributed by atoms with Gasteiger partial charge >= 0.3 is 0 Å². The van der Waals surface area contributed by atoms with Crippen LogP contribution in [0.15, 0.2) is 18.6 Å². The predicted octanol–water partition coefficient (Wildman–Crippen LogP) is 0.493. The monoisotopic (exact) mass is 121 g/mol. The maximum atomic E-state index is 10.4. The maximum Gasteiger partial charge on any atom is 0.183 e. The molecule has 9 heavy (non-hydrogen) atoms. The molecule has 0 unspecified atom stereocenters. The van der Waals surface area contributed by atoms with Crippen molar-refractivity contribution in [2.45, 2.75) is 0 Å². The van der Waals surface area contributed by atoms with Gasteiger partial charge in [0.2, 0.25) is 0 Å². The SMILES string of the molecule is [CH2]C(=O)c1cnccn1. The van der Waals surface area contributed by atoms with Crippen LogP contribution in [-0.4, -0.2) is 15.8 Å². The predicted molar refractivity (Wildman–Crippen MR) is 31.7 cm³/mol. The summed E-state index contributed by atoms with van der Waals surface area (Å²) in [7, 11) is 0. The Hall–Kier alpha value is -1.25. The molecule has 0 N–H and O–H groups in total. The highest BCUT2D eigenvalue weighted by Crippen LogP contribution is 1.88. The van der Waals surface area contributed by atoms with Crippen LogP contribution < -0.4 is 0 Å². The topological polar surface area (TPSA) is 42.9 Å². The molecule has 1 radical (unpaired) electrons. The van der Waals surface area contributed by atoms with Crippen LogP contribution in [0.4, 0.5) is 0 Å². The van der Waals surface area contributed by atoms with Gasteiger partial charge in [-0.05, 0) is 0 Å². The molecule has 1 rings (SSSR count). The summed E-state index contributed by atoms with van der Waals surface area (Å²) in [6.07, 6.45) is 4.35. The zero-order chi connectivity index (χ0) is 6.69. The van der Waals surface area contributed by atoms with Crippen LogP contribution >= 0.6 is 0 Å². The van der Waals surface area contributed by atoms with Crippen LogP contribution in [0.1, 0.15) is 10.5 Å². The Morgan fingerprint density at radius 2 is 2.33 bits per heavy atom. The van der Waals surface area contributed by atoms with E-state index in [1.807, 2.05) is 0 Å². The highest BCUT2D eigenvalue weighted by Gasteiger charge is 1.96. The van der Waals surface area contributed by atoms with Crippen molar-refractivity contribution in [3.63, 3.8) is 0 Å².